The molecular formula is C19H35N5S. The van der Waals surface area contributed by atoms with Crippen LogP contribution in [0.2, 0.25) is 0 Å². The molecule has 1 aliphatic rings. The molecule has 0 amide bonds. The van der Waals surface area contributed by atoms with Crippen LogP contribution >= 0.6 is 11.3 Å². The van der Waals surface area contributed by atoms with Crippen molar-refractivity contribution in [1.29, 1.82) is 0 Å². The highest BCUT2D eigenvalue weighted by molar-refractivity contribution is 7.09. The summed E-state index contributed by atoms with van der Waals surface area (Å²) in [4.78, 5) is 11.9. The van der Waals surface area contributed by atoms with Crippen LogP contribution < -0.4 is 10.6 Å². The lowest BCUT2D eigenvalue weighted by Gasteiger charge is -2.30. The molecule has 0 atom stereocenters. The fourth-order valence-corrected chi connectivity index (χ4v) is 3.83. The van der Waals surface area contributed by atoms with Crippen LogP contribution in [0, 0.1) is 5.92 Å². The topological polar surface area (TPSA) is 52.6 Å². The quantitative estimate of drug-likeness (QED) is 0.421. The maximum Gasteiger partial charge on any atom is 0.191 e. The molecule has 2 N–H and O–H groups in total. The molecule has 0 unspecified atom stereocenters. The van der Waals surface area contributed by atoms with Gasteiger partial charge in [-0.15, -0.1) is 11.3 Å². The van der Waals surface area contributed by atoms with Crippen molar-refractivity contribution in [3.05, 3.63) is 16.1 Å². The highest BCUT2D eigenvalue weighted by Gasteiger charge is 2.14. The Bertz CT molecular complexity index is 518. The van der Waals surface area contributed by atoms with E-state index in [1.807, 2.05) is 0 Å². The molecule has 142 valence electrons. The first-order valence-electron chi connectivity index (χ1n) is 9.77. The maximum atomic E-state index is 4.68. The minimum atomic E-state index is 0.484. The highest BCUT2D eigenvalue weighted by Crippen LogP contribution is 2.18. The lowest BCUT2D eigenvalue weighted by Crippen LogP contribution is -2.39. The number of nitrogens with zero attached hydrogens (tertiary/aromatic N) is 3. The van der Waals surface area contributed by atoms with Crippen molar-refractivity contribution in [2.75, 3.05) is 32.7 Å². The largest absolute Gasteiger partial charge is 0.357 e. The number of guanidine groups is 1. The first-order chi connectivity index (χ1) is 12.1. The van der Waals surface area contributed by atoms with E-state index in [1.165, 1.54) is 38.2 Å². The van der Waals surface area contributed by atoms with Crippen molar-refractivity contribution in [3.63, 3.8) is 0 Å². The van der Waals surface area contributed by atoms with Gasteiger partial charge in [0.05, 0.1) is 12.2 Å². The predicted molar refractivity (Wildman–Crippen MR) is 108 cm³/mol. The number of likely N-dealkylation sites (tertiary alicyclic amines) is 1. The summed E-state index contributed by atoms with van der Waals surface area (Å²) in [6.45, 7) is 15.0. The van der Waals surface area contributed by atoms with Crippen LogP contribution in [0.25, 0.3) is 0 Å². The smallest absolute Gasteiger partial charge is 0.191 e. The van der Waals surface area contributed by atoms with Gasteiger partial charge in [0.1, 0.15) is 5.01 Å². The first kappa shape index (κ1) is 20.2. The van der Waals surface area contributed by atoms with Crippen molar-refractivity contribution in [3.8, 4) is 0 Å². The third-order valence-electron chi connectivity index (χ3n) is 4.70. The molecule has 0 radical (unpaired) electrons. The molecule has 0 saturated carbocycles. The van der Waals surface area contributed by atoms with Crippen LogP contribution in [0.5, 0.6) is 0 Å². The Kier molecular flexibility index (Phi) is 8.68. The van der Waals surface area contributed by atoms with Crippen molar-refractivity contribution < 1.29 is 0 Å². The number of piperidine rings is 1. The Labute approximate surface area is 157 Å². The summed E-state index contributed by atoms with van der Waals surface area (Å²) >= 11 is 1.70. The van der Waals surface area contributed by atoms with E-state index in [0.29, 0.717) is 12.5 Å². The Morgan fingerprint density at radius 1 is 1.36 bits per heavy atom. The molecule has 1 aromatic heterocycles. The zero-order valence-electron chi connectivity index (χ0n) is 16.3. The SMILES string of the molecule is CCNC(=NCc1nc(C(C)C)cs1)NCCCN1CCC(C)CC1. The Hall–Kier alpha value is -1.14. The number of thiazole rings is 1. The van der Waals surface area contributed by atoms with Crippen molar-refractivity contribution in [1.82, 2.24) is 20.5 Å². The van der Waals surface area contributed by atoms with Crippen LogP contribution in [0.4, 0.5) is 0 Å². The molecule has 5 nitrogen and oxygen atoms in total. The average molecular weight is 366 g/mol. The molecule has 1 fully saturated rings. The Morgan fingerprint density at radius 3 is 2.76 bits per heavy atom. The summed E-state index contributed by atoms with van der Waals surface area (Å²) < 4.78 is 0. The van der Waals surface area contributed by atoms with Gasteiger partial charge in [-0.05, 0) is 57.7 Å². The second kappa shape index (κ2) is 10.8. The highest BCUT2D eigenvalue weighted by atomic mass is 32.1. The van der Waals surface area contributed by atoms with E-state index >= 15 is 0 Å². The number of aliphatic imine (C=N–C) groups is 1. The van der Waals surface area contributed by atoms with Crippen LogP contribution in [0.3, 0.4) is 0 Å². The van der Waals surface area contributed by atoms with E-state index in [2.05, 4.69) is 58.6 Å². The summed E-state index contributed by atoms with van der Waals surface area (Å²) in [6.07, 6.45) is 3.86. The second-order valence-corrected chi connectivity index (χ2v) is 8.26. The minimum Gasteiger partial charge on any atom is -0.357 e. The molecule has 1 aliphatic heterocycles. The number of aromatic nitrogens is 1. The third kappa shape index (κ3) is 7.32. The van der Waals surface area contributed by atoms with E-state index in [9.17, 15) is 0 Å². The number of hydrogen-bond acceptors (Lipinski definition) is 4. The molecule has 6 heteroatoms. The molecule has 1 aromatic rings. The van der Waals surface area contributed by atoms with Crippen LogP contribution in [0.15, 0.2) is 10.4 Å². The van der Waals surface area contributed by atoms with Crippen LogP contribution in [-0.2, 0) is 6.54 Å². The van der Waals surface area contributed by atoms with Gasteiger partial charge in [0.15, 0.2) is 5.96 Å². The van der Waals surface area contributed by atoms with Gasteiger partial charge in [-0.2, -0.15) is 0 Å². The van der Waals surface area contributed by atoms with Gasteiger partial charge >= 0.3 is 0 Å². The van der Waals surface area contributed by atoms with Crippen molar-refractivity contribution >= 4 is 17.3 Å². The molecule has 25 heavy (non-hydrogen) atoms. The van der Waals surface area contributed by atoms with Crippen LogP contribution in [-0.4, -0.2) is 48.6 Å². The molecule has 2 rings (SSSR count). The molecular weight excluding hydrogens is 330 g/mol. The summed E-state index contributed by atoms with van der Waals surface area (Å²) in [7, 11) is 0. The standard InChI is InChI=1S/C19H35N5S/c1-5-20-19(22-13-18-23-17(14-25-18)15(2)3)21-9-6-10-24-11-7-16(4)8-12-24/h14-16H,5-13H2,1-4H3,(H2,20,21,22). The van der Waals surface area contributed by atoms with Crippen molar-refractivity contribution in [2.45, 2.75) is 59.4 Å². The van der Waals surface area contributed by atoms with Gasteiger partial charge < -0.3 is 15.5 Å². The molecule has 0 aliphatic carbocycles. The van der Waals surface area contributed by atoms with Crippen molar-refractivity contribution in [2.24, 2.45) is 10.9 Å². The Morgan fingerprint density at radius 2 is 2.12 bits per heavy atom. The maximum absolute atomic E-state index is 4.68. The van der Waals surface area contributed by atoms with Gasteiger partial charge in [0.2, 0.25) is 0 Å². The monoisotopic (exact) mass is 365 g/mol. The van der Waals surface area contributed by atoms with Gasteiger partial charge in [-0.25, -0.2) is 9.98 Å². The normalized spacial score (nSPS) is 17.2. The predicted octanol–water partition coefficient (Wildman–Crippen LogP) is 3.44. The summed E-state index contributed by atoms with van der Waals surface area (Å²) in [5.41, 5.74) is 1.17. The zero-order chi connectivity index (χ0) is 18.1. The van der Waals surface area contributed by atoms with E-state index in [4.69, 9.17) is 0 Å². The number of hydrogen-bond donors (Lipinski definition) is 2. The fraction of sp³-hybridized carbons (Fsp3) is 0.789. The number of rotatable bonds is 8. The lowest BCUT2D eigenvalue weighted by atomic mass is 9.99. The van der Waals surface area contributed by atoms with Gasteiger partial charge in [-0.1, -0.05) is 20.8 Å². The third-order valence-corrected chi connectivity index (χ3v) is 5.55. The molecule has 2 heterocycles. The zero-order valence-corrected chi connectivity index (χ0v) is 17.2. The van der Waals surface area contributed by atoms with Gasteiger partial charge in [-0.3, -0.25) is 0 Å². The summed E-state index contributed by atoms with van der Waals surface area (Å²) in [5.74, 6) is 2.29. The van der Waals surface area contributed by atoms with E-state index in [1.54, 1.807) is 11.3 Å². The first-order valence-corrected chi connectivity index (χ1v) is 10.6. The van der Waals surface area contributed by atoms with Crippen LogP contribution in [0.1, 0.15) is 63.6 Å². The summed E-state index contributed by atoms with van der Waals surface area (Å²) in [5, 5.41) is 10.0. The van der Waals surface area contributed by atoms with Gasteiger partial charge in [0.25, 0.3) is 0 Å². The number of nitrogens with one attached hydrogen (secondary N) is 2. The summed E-state index contributed by atoms with van der Waals surface area (Å²) in [6, 6.07) is 0. The molecule has 0 spiro atoms. The average Bonchev–Trinajstić information content (AvgIpc) is 3.07. The van der Waals surface area contributed by atoms with E-state index in [-0.39, 0.29) is 0 Å². The fourth-order valence-electron chi connectivity index (χ4n) is 2.95. The molecule has 1 saturated heterocycles. The molecule has 0 aromatic carbocycles. The Balaban J connectivity index is 1.71. The van der Waals surface area contributed by atoms with Gasteiger partial charge in [0, 0.05) is 18.5 Å². The minimum absolute atomic E-state index is 0.484. The molecule has 0 bridgehead atoms. The van der Waals surface area contributed by atoms with E-state index in [0.717, 1.165) is 36.4 Å². The van der Waals surface area contributed by atoms with E-state index < -0.39 is 0 Å². The second-order valence-electron chi connectivity index (χ2n) is 7.32. The lowest BCUT2D eigenvalue weighted by molar-refractivity contribution is 0.191.